The van der Waals surface area contributed by atoms with Gasteiger partial charge in [-0.1, -0.05) is 0 Å². The highest BCUT2D eigenvalue weighted by Gasteiger charge is 2.07. The van der Waals surface area contributed by atoms with Crippen LogP contribution in [-0.2, 0) is 4.79 Å². The summed E-state index contributed by atoms with van der Waals surface area (Å²) >= 11 is 1.68. The summed E-state index contributed by atoms with van der Waals surface area (Å²) in [6.45, 7) is 0.0424. The first kappa shape index (κ1) is 14.3. The number of carbonyl (C=O) groups excluding carboxylic acids is 1. The minimum atomic E-state index is -0.0816. The van der Waals surface area contributed by atoms with Crippen LogP contribution in [0.5, 0.6) is 0 Å². The van der Waals surface area contributed by atoms with Gasteiger partial charge in [-0.3, -0.25) is 4.79 Å². The van der Waals surface area contributed by atoms with Gasteiger partial charge in [0, 0.05) is 17.6 Å². The number of rotatable bonds is 3. The van der Waals surface area contributed by atoms with Crippen LogP contribution >= 0.6 is 24.2 Å². The normalized spacial score (nSPS) is 9.27. The molecule has 0 saturated carbocycles. The van der Waals surface area contributed by atoms with E-state index in [1.165, 1.54) is 4.90 Å². The van der Waals surface area contributed by atoms with E-state index in [0.29, 0.717) is 0 Å². The van der Waals surface area contributed by atoms with Gasteiger partial charge in [0.15, 0.2) is 0 Å². The summed E-state index contributed by atoms with van der Waals surface area (Å²) in [5, 5.41) is 0. The minimum absolute atomic E-state index is 0. The molecule has 2 N–H and O–H groups in total. The van der Waals surface area contributed by atoms with E-state index in [1.54, 1.807) is 23.7 Å². The highest BCUT2D eigenvalue weighted by Crippen LogP contribution is 2.19. The number of carbonyl (C=O) groups is 1. The van der Waals surface area contributed by atoms with Crippen LogP contribution in [0.2, 0.25) is 0 Å². The third kappa shape index (κ3) is 3.74. The molecule has 0 aliphatic rings. The average Bonchev–Trinajstić information content (AvgIpc) is 2.27. The van der Waals surface area contributed by atoms with E-state index < -0.39 is 0 Å². The summed E-state index contributed by atoms with van der Waals surface area (Å²) in [5.74, 6) is -0.0816. The van der Waals surface area contributed by atoms with Crippen LogP contribution in [0, 0.1) is 0 Å². The molecular weight excluding hydrogens is 232 g/mol. The first-order chi connectivity index (χ1) is 6.69. The Morgan fingerprint density at radius 3 is 2.33 bits per heavy atom. The van der Waals surface area contributed by atoms with Crippen molar-refractivity contribution in [2.24, 2.45) is 5.73 Å². The van der Waals surface area contributed by atoms with Crippen molar-refractivity contribution in [1.82, 2.24) is 0 Å². The lowest BCUT2D eigenvalue weighted by Gasteiger charge is -2.16. The predicted molar refractivity (Wildman–Crippen MR) is 67.9 cm³/mol. The molecule has 15 heavy (non-hydrogen) atoms. The van der Waals surface area contributed by atoms with Crippen LogP contribution in [-0.4, -0.2) is 25.8 Å². The second kappa shape index (κ2) is 6.71. The lowest BCUT2D eigenvalue weighted by molar-refractivity contribution is -0.117. The maximum atomic E-state index is 11.3. The zero-order valence-electron chi connectivity index (χ0n) is 8.77. The van der Waals surface area contributed by atoms with E-state index in [4.69, 9.17) is 5.73 Å². The van der Waals surface area contributed by atoms with Gasteiger partial charge in [0.1, 0.15) is 0 Å². The Kier molecular flexibility index (Phi) is 6.40. The highest BCUT2D eigenvalue weighted by atomic mass is 35.5. The maximum absolute atomic E-state index is 11.3. The summed E-state index contributed by atoms with van der Waals surface area (Å²) in [6, 6.07) is 7.80. The molecular formula is C10H15ClN2OS. The van der Waals surface area contributed by atoms with Crippen LogP contribution in [0.1, 0.15) is 0 Å². The molecule has 0 saturated heterocycles. The molecule has 5 heteroatoms. The number of amides is 1. The zero-order chi connectivity index (χ0) is 10.6. The first-order valence-electron chi connectivity index (χ1n) is 4.29. The number of likely N-dealkylation sites (N-methyl/N-ethyl adjacent to an activating group) is 1. The van der Waals surface area contributed by atoms with Gasteiger partial charge in [0.25, 0.3) is 0 Å². The van der Waals surface area contributed by atoms with Crippen LogP contribution in [0.15, 0.2) is 29.2 Å². The number of nitrogens with two attached hydrogens (primary N) is 1. The van der Waals surface area contributed by atoms with Gasteiger partial charge in [0.2, 0.25) is 5.91 Å². The van der Waals surface area contributed by atoms with Gasteiger partial charge in [-0.2, -0.15) is 0 Å². The Balaban J connectivity index is 0.00000196. The van der Waals surface area contributed by atoms with Crippen molar-refractivity contribution in [3.8, 4) is 0 Å². The second-order valence-electron chi connectivity index (χ2n) is 2.85. The van der Waals surface area contributed by atoms with Crippen molar-refractivity contribution in [3.63, 3.8) is 0 Å². The largest absolute Gasteiger partial charge is 0.322 e. The fraction of sp³-hybridized carbons (Fsp3) is 0.300. The monoisotopic (exact) mass is 246 g/mol. The molecule has 0 unspecified atom stereocenters. The lowest BCUT2D eigenvalue weighted by Crippen LogP contribution is -2.32. The number of hydrogen-bond acceptors (Lipinski definition) is 3. The van der Waals surface area contributed by atoms with E-state index in [0.717, 1.165) is 5.69 Å². The van der Waals surface area contributed by atoms with E-state index in [9.17, 15) is 4.79 Å². The maximum Gasteiger partial charge on any atom is 0.240 e. The third-order valence-corrected chi connectivity index (χ3v) is 2.75. The van der Waals surface area contributed by atoms with E-state index in [-0.39, 0.29) is 24.9 Å². The van der Waals surface area contributed by atoms with E-state index in [2.05, 4.69) is 0 Å². The molecule has 0 atom stereocenters. The van der Waals surface area contributed by atoms with Gasteiger partial charge < -0.3 is 10.6 Å². The summed E-state index contributed by atoms with van der Waals surface area (Å²) in [6.07, 6.45) is 2.02. The molecule has 0 bridgehead atoms. The molecule has 3 nitrogen and oxygen atoms in total. The average molecular weight is 247 g/mol. The van der Waals surface area contributed by atoms with Crippen LogP contribution in [0.4, 0.5) is 5.69 Å². The molecule has 1 amide bonds. The number of nitrogens with zero attached hydrogens (tertiary/aromatic N) is 1. The number of benzene rings is 1. The molecule has 0 aliphatic carbocycles. The van der Waals surface area contributed by atoms with Crippen molar-refractivity contribution in [2.75, 3.05) is 24.7 Å². The topological polar surface area (TPSA) is 46.3 Å². The third-order valence-electron chi connectivity index (χ3n) is 2.01. The minimum Gasteiger partial charge on any atom is -0.322 e. The molecule has 1 aromatic rings. The molecule has 0 heterocycles. The molecule has 0 aromatic heterocycles. The molecule has 1 aromatic carbocycles. The van der Waals surface area contributed by atoms with Crippen LogP contribution in [0.3, 0.4) is 0 Å². The van der Waals surface area contributed by atoms with Crippen molar-refractivity contribution in [3.05, 3.63) is 24.3 Å². The van der Waals surface area contributed by atoms with Crippen molar-refractivity contribution in [1.29, 1.82) is 0 Å². The Morgan fingerprint density at radius 2 is 1.93 bits per heavy atom. The summed E-state index contributed by atoms with van der Waals surface area (Å²) in [7, 11) is 1.73. The number of anilines is 1. The van der Waals surface area contributed by atoms with Crippen LogP contribution in [0.25, 0.3) is 0 Å². The molecule has 0 aliphatic heterocycles. The second-order valence-corrected chi connectivity index (χ2v) is 3.73. The smallest absolute Gasteiger partial charge is 0.240 e. The fourth-order valence-electron chi connectivity index (χ4n) is 1.09. The van der Waals surface area contributed by atoms with Gasteiger partial charge in [-0.25, -0.2) is 0 Å². The Labute approximate surface area is 100 Å². The van der Waals surface area contributed by atoms with Gasteiger partial charge in [-0.15, -0.1) is 24.2 Å². The number of thioether (sulfide) groups is 1. The summed E-state index contributed by atoms with van der Waals surface area (Å²) < 4.78 is 0. The van der Waals surface area contributed by atoms with Crippen LogP contribution < -0.4 is 10.6 Å². The molecule has 1 rings (SSSR count). The number of hydrogen-bond donors (Lipinski definition) is 1. The Hall–Kier alpha value is -0.710. The SMILES string of the molecule is CSc1ccc(N(C)C(=O)CN)cc1.Cl. The summed E-state index contributed by atoms with van der Waals surface area (Å²) in [4.78, 5) is 14.0. The van der Waals surface area contributed by atoms with Gasteiger partial charge in [0.05, 0.1) is 6.54 Å². The fourth-order valence-corrected chi connectivity index (χ4v) is 1.49. The lowest BCUT2D eigenvalue weighted by atomic mass is 10.3. The summed E-state index contributed by atoms with van der Waals surface area (Å²) in [5.41, 5.74) is 6.14. The number of halogens is 1. The van der Waals surface area contributed by atoms with Crippen molar-refractivity contribution >= 4 is 35.8 Å². The highest BCUT2D eigenvalue weighted by molar-refractivity contribution is 7.98. The Morgan fingerprint density at radius 1 is 1.40 bits per heavy atom. The standard InChI is InChI=1S/C10H14N2OS.ClH/c1-12(10(13)7-11)8-3-5-9(14-2)6-4-8;/h3-6H,7,11H2,1-2H3;1H. The van der Waals surface area contributed by atoms with E-state index in [1.807, 2.05) is 30.5 Å². The van der Waals surface area contributed by atoms with Crippen molar-refractivity contribution in [2.45, 2.75) is 4.90 Å². The van der Waals surface area contributed by atoms with Gasteiger partial charge >= 0.3 is 0 Å². The zero-order valence-corrected chi connectivity index (χ0v) is 10.4. The predicted octanol–water partition coefficient (Wildman–Crippen LogP) is 1.75. The Bertz CT molecular complexity index is 316. The van der Waals surface area contributed by atoms with Crippen molar-refractivity contribution < 1.29 is 4.79 Å². The molecule has 84 valence electrons. The molecule has 0 fully saturated rings. The van der Waals surface area contributed by atoms with E-state index >= 15 is 0 Å². The first-order valence-corrected chi connectivity index (χ1v) is 5.52. The van der Waals surface area contributed by atoms with Gasteiger partial charge in [-0.05, 0) is 30.5 Å². The molecule has 0 radical (unpaired) electrons. The molecule has 0 spiro atoms. The quantitative estimate of drug-likeness (QED) is 0.827.